The molecule has 0 saturated carbocycles. The molecule has 1 aromatic heterocycles. The first-order chi connectivity index (χ1) is 11.5. The smallest absolute Gasteiger partial charge is 0.274 e. The second kappa shape index (κ2) is 6.45. The van der Waals surface area contributed by atoms with E-state index in [1.807, 2.05) is 0 Å². The largest absolute Gasteiger partial charge is 0.328 e. The van der Waals surface area contributed by atoms with Crippen LogP contribution in [0, 0.1) is 0 Å². The molecule has 1 atom stereocenters. The Hall–Kier alpha value is -2.67. The molecule has 1 aromatic carbocycles. The van der Waals surface area contributed by atoms with Crippen molar-refractivity contribution in [2.24, 2.45) is 0 Å². The van der Waals surface area contributed by atoms with E-state index in [2.05, 4.69) is 10.2 Å². The number of hydrogen-bond donors (Lipinski definition) is 1. The number of amides is 2. The van der Waals surface area contributed by atoms with Crippen molar-refractivity contribution >= 4 is 29.1 Å². The third-order valence-corrected chi connectivity index (χ3v) is 4.33. The second-order valence-corrected chi connectivity index (χ2v) is 5.88. The molecular weight excluding hydrogens is 332 g/mol. The van der Waals surface area contributed by atoms with Crippen LogP contribution in [0.1, 0.15) is 16.9 Å². The lowest BCUT2D eigenvalue weighted by atomic mass is 10.2. The molecule has 0 bridgehead atoms. The molecule has 2 amide bonds. The van der Waals surface area contributed by atoms with Crippen LogP contribution in [0.2, 0.25) is 5.02 Å². The Morgan fingerprint density at radius 1 is 1.29 bits per heavy atom. The average Bonchev–Trinajstić information content (AvgIpc) is 2.96. The molecule has 1 fully saturated rings. The number of carbonyl (C=O) groups is 2. The number of carbonyl (C=O) groups excluding carboxylic acids is 2. The predicted octanol–water partition coefficient (Wildman–Crippen LogP) is 1.30. The van der Waals surface area contributed by atoms with Crippen LogP contribution < -0.4 is 10.5 Å². The summed E-state index contributed by atoms with van der Waals surface area (Å²) in [4.78, 5) is 39.1. The van der Waals surface area contributed by atoms with Crippen molar-refractivity contribution in [3.8, 4) is 0 Å². The number of hydrogen-bond acceptors (Lipinski definition) is 4. The molecule has 0 aliphatic carbocycles. The van der Waals surface area contributed by atoms with Crippen LogP contribution in [0.4, 0.5) is 5.69 Å². The van der Waals surface area contributed by atoms with Crippen LogP contribution in [-0.2, 0) is 4.79 Å². The first kappa shape index (κ1) is 16.2. The fraction of sp³-hybridized carbons (Fsp3) is 0.250. The van der Waals surface area contributed by atoms with Gasteiger partial charge in [-0.15, -0.1) is 0 Å². The van der Waals surface area contributed by atoms with Crippen molar-refractivity contribution in [2.45, 2.75) is 12.5 Å². The number of anilines is 1. The van der Waals surface area contributed by atoms with Crippen LogP contribution in [0.15, 0.2) is 41.2 Å². The van der Waals surface area contributed by atoms with E-state index in [0.29, 0.717) is 23.7 Å². The van der Waals surface area contributed by atoms with E-state index >= 15 is 0 Å². The zero-order valence-electron chi connectivity index (χ0n) is 12.9. The number of rotatable bonds is 3. The van der Waals surface area contributed by atoms with Gasteiger partial charge in [0, 0.05) is 19.7 Å². The molecule has 124 valence electrons. The Labute approximate surface area is 142 Å². The van der Waals surface area contributed by atoms with Gasteiger partial charge in [0.1, 0.15) is 11.7 Å². The molecule has 0 spiro atoms. The predicted molar refractivity (Wildman–Crippen MR) is 89.2 cm³/mol. The summed E-state index contributed by atoms with van der Waals surface area (Å²) in [7, 11) is 1.55. The lowest BCUT2D eigenvalue weighted by Crippen LogP contribution is -2.43. The van der Waals surface area contributed by atoms with Gasteiger partial charge in [0.25, 0.3) is 11.5 Å². The van der Waals surface area contributed by atoms with E-state index in [-0.39, 0.29) is 11.6 Å². The number of nitrogens with one attached hydrogen (secondary N) is 1. The minimum Gasteiger partial charge on any atom is -0.328 e. The van der Waals surface area contributed by atoms with Gasteiger partial charge in [-0.25, -0.2) is 5.10 Å². The van der Waals surface area contributed by atoms with E-state index in [1.165, 1.54) is 17.0 Å². The van der Waals surface area contributed by atoms with Gasteiger partial charge >= 0.3 is 0 Å². The highest BCUT2D eigenvalue weighted by Gasteiger charge is 2.38. The highest BCUT2D eigenvalue weighted by molar-refractivity contribution is 6.34. The lowest BCUT2D eigenvalue weighted by molar-refractivity contribution is -0.120. The Bertz CT molecular complexity index is 831. The van der Waals surface area contributed by atoms with Gasteiger partial charge in [-0.05, 0) is 24.6 Å². The normalized spacial score (nSPS) is 17.2. The van der Waals surface area contributed by atoms with Crippen molar-refractivity contribution in [1.29, 1.82) is 0 Å². The zero-order chi connectivity index (χ0) is 17.3. The van der Waals surface area contributed by atoms with Gasteiger partial charge in [-0.3, -0.25) is 14.4 Å². The van der Waals surface area contributed by atoms with Gasteiger partial charge in [-0.2, -0.15) is 5.10 Å². The molecule has 1 N–H and O–H groups in total. The number of likely N-dealkylation sites (N-methyl/N-ethyl adjacent to an activating group) is 1. The Kier molecular flexibility index (Phi) is 4.35. The van der Waals surface area contributed by atoms with Crippen LogP contribution in [0.3, 0.4) is 0 Å². The van der Waals surface area contributed by atoms with Crippen LogP contribution in [0.25, 0.3) is 0 Å². The highest BCUT2D eigenvalue weighted by atomic mass is 35.5. The highest BCUT2D eigenvalue weighted by Crippen LogP contribution is 2.30. The third kappa shape index (κ3) is 2.90. The first-order valence-electron chi connectivity index (χ1n) is 7.38. The Morgan fingerprint density at radius 3 is 2.71 bits per heavy atom. The number of aromatic amines is 1. The van der Waals surface area contributed by atoms with E-state index in [9.17, 15) is 14.4 Å². The standard InChI is InChI=1S/C16H15ClN4O3/c1-20(15(23)11-6-7-14(22)19-18-11)13-8-9-21(16(13)24)12-5-3-2-4-10(12)17/h2-7,13H,8-9H2,1H3,(H,19,22)/t13-/m0/s1. The molecule has 1 saturated heterocycles. The summed E-state index contributed by atoms with van der Waals surface area (Å²) >= 11 is 6.15. The summed E-state index contributed by atoms with van der Waals surface area (Å²) in [5, 5.41) is 6.41. The monoisotopic (exact) mass is 346 g/mol. The van der Waals surface area contributed by atoms with Gasteiger partial charge in [-0.1, -0.05) is 23.7 Å². The van der Waals surface area contributed by atoms with Gasteiger partial charge in [0.2, 0.25) is 5.91 Å². The number of halogens is 1. The Balaban J connectivity index is 1.79. The maximum atomic E-state index is 12.7. The second-order valence-electron chi connectivity index (χ2n) is 5.47. The number of para-hydroxylation sites is 1. The maximum absolute atomic E-state index is 12.7. The summed E-state index contributed by atoms with van der Waals surface area (Å²) < 4.78 is 0. The molecule has 1 aliphatic rings. The summed E-state index contributed by atoms with van der Waals surface area (Å²) in [6.45, 7) is 0.476. The van der Waals surface area contributed by atoms with Crippen molar-refractivity contribution in [2.75, 3.05) is 18.5 Å². The molecule has 2 heterocycles. The zero-order valence-corrected chi connectivity index (χ0v) is 13.7. The summed E-state index contributed by atoms with van der Waals surface area (Å²) in [5.74, 6) is -0.617. The fourth-order valence-electron chi connectivity index (χ4n) is 2.72. The summed E-state index contributed by atoms with van der Waals surface area (Å²) in [6.07, 6.45) is 0.496. The minimum absolute atomic E-state index is 0.0843. The molecule has 0 radical (unpaired) electrons. The third-order valence-electron chi connectivity index (χ3n) is 4.01. The molecule has 7 nitrogen and oxygen atoms in total. The number of nitrogens with zero attached hydrogens (tertiary/aromatic N) is 3. The summed E-state index contributed by atoms with van der Waals surface area (Å²) in [5.41, 5.74) is 0.326. The van der Waals surface area contributed by atoms with Crippen LogP contribution in [0.5, 0.6) is 0 Å². The summed E-state index contributed by atoms with van der Waals surface area (Å²) in [6, 6.07) is 9.05. The molecule has 2 aromatic rings. The molecular formula is C16H15ClN4O3. The van der Waals surface area contributed by atoms with E-state index in [4.69, 9.17) is 11.6 Å². The first-order valence-corrected chi connectivity index (χ1v) is 7.75. The van der Waals surface area contributed by atoms with E-state index in [1.54, 1.807) is 36.2 Å². The fourth-order valence-corrected chi connectivity index (χ4v) is 2.96. The number of H-pyrrole nitrogens is 1. The molecule has 0 unspecified atom stereocenters. The average molecular weight is 347 g/mol. The van der Waals surface area contributed by atoms with Crippen molar-refractivity contribution in [3.63, 3.8) is 0 Å². The van der Waals surface area contributed by atoms with E-state index in [0.717, 1.165) is 0 Å². The number of aromatic nitrogens is 2. The topological polar surface area (TPSA) is 86.4 Å². The van der Waals surface area contributed by atoms with E-state index < -0.39 is 17.5 Å². The quantitative estimate of drug-likeness (QED) is 0.907. The molecule has 8 heteroatoms. The minimum atomic E-state index is -0.595. The van der Waals surface area contributed by atoms with Gasteiger partial charge in [0.05, 0.1) is 10.7 Å². The molecule has 3 rings (SSSR count). The maximum Gasteiger partial charge on any atom is 0.274 e. The lowest BCUT2D eigenvalue weighted by Gasteiger charge is -2.24. The van der Waals surface area contributed by atoms with Gasteiger partial charge < -0.3 is 9.80 Å². The number of benzene rings is 1. The van der Waals surface area contributed by atoms with Crippen LogP contribution in [-0.4, -0.2) is 46.5 Å². The van der Waals surface area contributed by atoms with Gasteiger partial charge in [0.15, 0.2) is 0 Å². The molecule has 1 aliphatic heterocycles. The van der Waals surface area contributed by atoms with Crippen molar-refractivity contribution < 1.29 is 9.59 Å². The Morgan fingerprint density at radius 2 is 2.04 bits per heavy atom. The van der Waals surface area contributed by atoms with Crippen LogP contribution >= 0.6 is 11.6 Å². The SMILES string of the molecule is CN(C(=O)c1ccc(=O)[nH]n1)[C@H]1CCN(c2ccccc2Cl)C1=O. The van der Waals surface area contributed by atoms with Crippen molar-refractivity contribution in [1.82, 2.24) is 15.1 Å². The molecule has 24 heavy (non-hydrogen) atoms. The van der Waals surface area contributed by atoms with Crippen molar-refractivity contribution in [3.05, 3.63) is 57.5 Å².